The van der Waals surface area contributed by atoms with Crippen molar-refractivity contribution in [3.63, 3.8) is 0 Å². The molecule has 1 aliphatic rings. The summed E-state index contributed by atoms with van der Waals surface area (Å²) in [5.74, 6) is 0.793. The highest BCUT2D eigenvalue weighted by Gasteiger charge is 2.24. The van der Waals surface area contributed by atoms with Crippen LogP contribution in [0.3, 0.4) is 0 Å². The van der Waals surface area contributed by atoms with Crippen LogP contribution in [0.25, 0.3) is 0 Å². The van der Waals surface area contributed by atoms with E-state index >= 15 is 0 Å². The van der Waals surface area contributed by atoms with Crippen molar-refractivity contribution in [3.8, 4) is 0 Å². The van der Waals surface area contributed by atoms with Gasteiger partial charge in [-0.1, -0.05) is 12.1 Å². The third-order valence-electron chi connectivity index (χ3n) is 4.39. The van der Waals surface area contributed by atoms with Gasteiger partial charge in [0.1, 0.15) is 0 Å². The number of rotatable bonds is 5. The number of benzene rings is 1. The Balaban J connectivity index is 1.90. The smallest absolute Gasteiger partial charge is 0.306 e. The number of carbonyl (C=O) groups is 1. The standard InChI is InChI=1S/C17H24O4S/c1-3-21-17(18)12-13-4-6-14(7-5-13)15-8-10-16(11-9-15)22(2,19)20/h8-11,13-14H,3-7,12H2,1-2H3. The van der Waals surface area contributed by atoms with Gasteiger partial charge in [-0.15, -0.1) is 0 Å². The number of carbonyl (C=O) groups excluding carboxylic acids is 1. The van der Waals surface area contributed by atoms with E-state index in [-0.39, 0.29) is 5.97 Å². The molecule has 0 bridgehead atoms. The number of sulfone groups is 1. The molecule has 22 heavy (non-hydrogen) atoms. The fourth-order valence-electron chi connectivity index (χ4n) is 3.14. The van der Waals surface area contributed by atoms with E-state index in [4.69, 9.17) is 4.74 Å². The molecule has 2 rings (SSSR count). The van der Waals surface area contributed by atoms with E-state index in [0.717, 1.165) is 25.7 Å². The molecular weight excluding hydrogens is 300 g/mol. The van der Waals surface area contributed by atoms with Gasteiger partial charge in [0.25, 0.3) is 0 Å². The first-order chi connectivity index (χ1) is 10.4. The molecule has 0 atom stereocenters. The van der Waals surface area contributed by atoms with Gasteiger partial charge < -0.3 is 4.74 Å². The second-order valence-corrected chi connectivity index (χ2v) is 8.08. The minimum absolute atomic E-state index is 0.0940. The molecule has 0 amide bonds. The average molecular weight is 324 g/mol. The van der Waals surface area contributed by atoms with Crippen LogP contribution in [-0.4, -0.2) is 27.2 Å². The third kappa shape index (κ3) is 4.57. The predicted octanol–water partition coefficient (Wildman–Crippen LogP) is 3.32. The van der Waals surface area contributed by atoms with Gasteiger partial charge >= 0.3 is 5.97 Å². The van der Waals surface area contributed by atoms with Crippen LogP contribution >= 0.6 is 0 Å². The van der Waals surface area contributed by atoms with Crippen LogP contribution in [0.2, 0.25) is 0 Å². The Morgan fingerprint density at radius 3 is 2.23 bits per heavy atom. The van der Waals surface area contributed by atoms with Crippen LogP contribution in [0.15, 0.2) is 29.2 Å². The maximum atomic E-state index is 11.5. The maximum absolute atomic E-state index is 11.5. The van der Waals surface area contributed by atoms with Crippen molar-refractivity contribution in [3.05, 3.63) is 29.8 Å². The van der Waals surface area contributed by atoms with Crippen LogP contribution in [0.5, 0.6) is 0 Å². The highest BCUT2D eigenvalue weighted by Crippen LogP contribution is 2.37. The van der Waals surface area contributed by atoms with Gasteiger partial charge in [0.05, 0.1) is 11.5 Å². The highest BCUT2D eigenvalue weighted by molar-refractivity contribution is 7.90. The quantitative estimate of drug-likeness (QED) is 0.780. The molecule has 0 aliphatic heterocycles. The first kappa shape index (κ1) is 17.0. The largest absolute Gasteiger partial charge is 0.466 e. The Morgan fingerprint density at radius 2 is 1.73 bits per heavy atom. The Kier molecular flexibility index (Phi) is 5.62. The summed E-state index contributed by atoms with van der Waals surface area (Å²) in [5, 5.41) is 0. The fourth-order valence-corrected chi connectivity index (χ4v) is 3.77. The summed E-state index contributed by atoms with van der Waals surface area (Å²) in [4.78, 5) is 11.9. The lowest BCUT2D eigenvalue weighted by molar-refractivity contribution is -0.144. The normalized spacial score (nSPS) is 22.3. The van der Waals surface area contributed by atoms with Crippen molar-refractivity contribution < 1.29 is 17.9 Å². The van der Waals surface area contributed by atoms with Gasteiger partial charge in [-0.3, -0.25) is 4.79 Å². The Hall–Kier alpha value is -1.36. The monoisotopic (exact) mass is 324 g/mol. The lowest BCUT2D eigenvalue weighted by Gasteiger charge is -2.28. The van der Waals surface area contributed by atoms with Crippen molar-refractivity contribution in [2.75, 3.05) is 12.9 Å². The Morgan fingerprint density at radius 1 is 1.14 bits per heavy atom. The maximum Gasteiger partial charge on any atom is 0.306 e. The molecule has 5 heteroatoms. The van der Waals surface area contributed by atoms with Crippen molar-refractivity contribution in [1.29, 1.82) is 0 Å². The van der Waals surface area contributed by atoms with Crippen molar-refractivity contribution >= 4 is 15.8 Å². The minimum Gasteiger partial charge on any atom is -0.466 e. The van der Waals surface area contributed by atoms with Gasteiger partial charge in [-0.25, -0.2) is 8.42 Å². The van der Waals surface area contributed by atoms with Crippen molar-refractivity contribution in [2.24, 2.45) is 5.92 Å². The lowest BCUT2D eigenvalue weighted by Crippen LogP contribution is -2.18. The summed E-state index contributed by atoms with van der Waals surface area (Å²) in [5.41, 5.74) is 1.20. The Labute approximate surface area is 132 Å². The van der Waals surface area contributed by atoms with Crippen molar-refractivity contribution in [1.82, 2.24) is 0 Å². The second-order valence-electron chi connectivity index (χ2n) is 6.07. The summed E-state index contributed by atoms with van der Waals surface area (Å²) >= 11 is 0. The highest BCUT2D eigenvalue weighted by atomic mass is 32.2. The molecule has 1 saturated carbocycles. The molecule has 0 saturated heterocycles. The van der Waals surface area contributed by atoms with Crippen LogP contribution in [0, 0.1) is 5.92 Å². The summed E-state index contributed by atoms with van der Waals surface area (Å²) in [7, 11) is -3.13. The van der Waals surface area contributed by atoms with E-state index in [1.54, 1.807) is 12.1 Å². The van der Waals surface area contributed by atoms with E-state index in [9.17, 15) is 13.2 Å². The molecule has 1 aliphatic carbocycles. The number of hydrogen-bond acceptors (Lipinski definition) is 4. The van der Waals surface area contributed by atoms with E-state index in [1.807, 2.05) is 19.1 Å². The van der Waals surface area contributed by atoms with E-state index in [2.05, 4.69) is 0 Å². The van der Waals surface area contributed by atoms with Crippen molar-refractivity contribution in [2.45, 2.75) is 49.8 Å². The van der Waals surface area contributed by atoms with Gasteiger partial charge in [-0.2, -0.15) is 0 Å². The second kappa shape index (κ2) is 7.27. The molecule has 4 nitrogen and oxygen atoms in total. The Bertz CT molecular complexity index is 596. The SMILES string of the molecule is CCOC(=O)CC1CCC(c2ccc(S(C)(=O)=O)cc2)CC1. The zero-order valence-electron chi connectivity index (χ0n) is 13.2. The fraction of sp³-hybridized carbons (Fsp3) is 0.588. The zero-order chi connectivity index (χ0) is 16.2. The molecule has 0 spiro atoms. The van der Waals surface area contributed by atoms with Gasteiger partial charge in [-0.05, 0) is 62.1 Å². The zero-order valence-corrected chi connectivity index (χ0v) is 14.1. The van der Waals surface area contributed by atoms with E-state index in [1.165, 1.54) is 11.8 Å². The lowest BCUT2D eigenvalue weighted by atomic mass is 9.77. The van der Waals surface area contributed by atoms with E-state index < -0.39 is 9.84 Å². The number of hydrogen-bond donors (Lipinski definition) is 0. The molecule has 1 aromatic carbocycles. The number of ether oxygens (including phenoxy) is 1. The summed E-state index contributed by atoms with van der Waals surface area (Å²) in [6, 6.07) is 7.23. The molecule has 0 radical (unpaired) electrons. The van der Waals surface area contributed by atoms with Crippen LogP contribution in [0.4, 0.5) is 0 Å². The van der Waals surface area contributed by atoms with Gasteiger partial charge in [0.2, 0.25) is 0 Å². The summed E-state index contributed by atoms with van der Waals surface area (Å²) in [6.07, 6.45) is 5.88. The molecule has 0 aromatic heterocycles. The summed E-state index contributed by atoms with van der Waals surface area (Å²) < 4.78 is 28.0. The average Bonchev–Trinajstić information content (AvgIpc) is 2.47. The third-order valence-corrected chi connectivity index (χ3v) is 5.52. The molecule has 0 heterocycles. The molecular formula is C17H24O4S. The number of esters is 1. The molecule has 122 valence electrons. The predicted molar refractivity (Wildman–Crippen MR) is 85.5 cm³/mol. The minimum atomic E-state index is -3.13. The van der Waals surface area contributed by atoms with Gasteiger partial charge in [0.15, 0.2) is 9.84 Å². The molecule has 1 fully saturated rings. The first-order valence-corrected chi connectivity index (χ1v) is 9.75. The van der Waals surface area contributed by atoms with Crippen LogP contribution < -0.4 is 0 Å². The molecule has 0 N–H and O–H groups in total. The summed E-state index contributed by atoms with van der Waals surface area (Å²) in [6.45, 7) is 2.27. The topological polar surface area (TPSA) is 60.4 Å². The molecule has 0 unspecified atom stereocenters. The van der Waals surface area contributed by atoms with E-state index in [0.29, 0.717) is 29.8 Å². The molecule has 1 aromatic rings. The van der Waals surface area contributed by atoms with Gasteiger partial charge in [0, 0.05) is 12.7 Å². The van der Waals surface area contributed by atoms with Crippen LogP contribution in [-0.2, 0) is 19.4 Å². The first-order valence-electron chi connectivity index (χ1n) is 7.85. The van der Waals surface area contributed by atoms with Crippen LogP contribution in [0.1, 0.15) is 50.5 Å².